The van der Waals surface area contributed by atoms with Crippen molar-refractivity contribution in [1.82, 2.24) is 9.55 Å². The van der Waals surface area contributed by atoms with Gasteiger partial charge in [0.25, 0.3) is 0 Å². The van der Waals surface area contributed by atoms with Crippen LogP contribution in [0.3, 0.4) is 0 Å². The molecule has 2 N–H and O–H groups in total. The Balaban J connectivity index is 2.35. The molecule has 20 heavy (non-hydrogen) atoms. The second kappa shape index (κ2) is 4.84. The van der Waals surface area contributed by atoms with Crippen molar-refractivity contribution in [2.24, 2.45) is 0 Å². The number of nitrogens with zero attached hydrogens (tertiary/aromatic N) is 2. The Kier molecular flexibility index (Phi) is 3.14. The third kappa shape index (κ3) is 2.04. The number of hydrogen-bond donors (Lipinski definition) is 1. The molecule has 1 aromatic heterocycles. The Morgan fingerprint density at radius 2 is 1.90 bits per heavy atom. The molecule has 102 valence electrons. The molecule has 0 unspecified atom stereocenters. The molecule has 0 saturated heterocycles. The van der Waals surface area contributed by atoms with Crippen LogP contribution in [-0.2, 0) is 0 Å². The lowest BCUT2D eigenvalue weighted by molar-refractivity contribution is 0.624. The molecule has 3 rings (SSSR count). The maximum absolute atomic E-state index is 6.10. The predicted octanol–water partition coefficient (Wildman–Crippen LogP) is 4.52. The summed E-state index contributed by atoms with van der Waals surface area (Å²) >= 11 is 6.10. The van der Waals surface area contributed by atoms with E-state index in [2.05, 4.69) is 24.5 Å². The molecule has 0 aliphatic carbocycles. The van der Waals surface area contributed by atoms with E-state index in [0.717, 1.165) is 22.4 Å². The molecule has 0 radical (unpaired) electrons. The number of aromatic nitrogens is 2. The Labute approximate surface area is 123 Å². The van der Waals surface area contributed by atoms with E-state index in [1.54, 1.807) is 6.07 Å². The zero-order valence-electron chi connectivity index (χ0n) is 11.5. The molecule has 0 aliphatic rings. The van der Waals surface area contributed by atoms with E-state index < -0.39 is 0 Å². The zero-order valence-corrected chi connectivity index (χ0v) is 12.2. The molecule has 0 bridgehead atoms. The van der Waals surface area contributed by atoms with Crippen molar-refractivity contribution >= 4 is 28.3 Å². The Bertz CT molecular complexity index is 774. The van der Waals surface area contributed by atoms with Crippen LogP contribution in [0.5, 0.6) is 0 Å². The van der Waals surface area contributed by atoms with Gasteiger partial charge in [-0.3, -0.25) is 0 Å². The molecule has 0 saturated carbocycles. The lowest BCUT2D eigenvalue weighted by atomic mass is 10.1. The lowest BCUT2D eigenvalue weighted by Gasteiger charge is -2.14. The zero-order chi connectivity index (χ0) is 14.3. The molecule has 2 aromatic carbocycles. The number of nitrogens with two attached hydrogens (primary N) is 1. The molecule has 0 atom stereocenters. The average molecular weight is 286 g/mol. The van der Waals surface area contributed by atoms with Crippen molar-refractivity contribution in [3.8, 4) is 11.4 Å². The summed E-state index contributed by atoms with van der Waals surface area (Å²) in [6.45, 7) is 4.27. The van der Waals surface area contributed by atoms with Crippen molar-refractivity contribution < 1.29 is 0 Å². The van der Waals surface area contributed by atoms with Gasteiger partial charge in [0.1, 0.15) is 5.82 Å². The summed E-state index contributed by atoms with van der Waals surface area (Å²) in [5, 5.41) is 0.663. The standard InChI is InChI=1S/C16H16ClN3/c1-10(2)20-15-6-4-3-5-14(15)19-16(20)12-9-11(17)7-8-13(12)18/h3-10H,18H2,1-2H3. The SMILES string of the molecule is CC(C)n1c(-c2cc(Cl)ccc2N)nc2ccccc21. The number of rotatable bonds is 2. The van der Waals surface area contributed by atoms with Crippen LogP contribution in [0.15, 0.2) is 42.5 Å². The largest absolute Gasteiger partial charge is 0.398 e. The summed E-state index contributed by atoms with van der Waals surface area (Å²) < 4.78 is 2.19. The van der Waals surface area contributed by atoms with Crippen LogP contribution in [0.2, 0.25) is 5.02 Å². The van der Waals surface area contributed by atoms with Gasteiger partial charge in [-0.15, -0.1) is 0 Å². The normalized spacial score (nSPS) is 11.4. The topological polar surface area (TPSA) is 43.8 Å². The first kappa shape index (κ1) is 13.0. The van der Waals surface area contributed by atoms with Crippen LogP contribution in [0.4, 0.5) is 5.69 Å². The number of imidazole rings is 1. The van der Waals surface area contributed by atoms with E-state index in [4.69, 9.17) is 22.3 Å². The minimum absolute atomic E-state index is 0.288. The fourth-order valence-electron chi connectivity index (χ4n) is 2.48. The van der Waals surface area contributed by atoms with Crippen LogP contribution in [0.1, 0.15) is 19.9 Å². The molecule has 3 nitrogen and oxygen atoms in total. The highest BCUT2D eigenvalue weighted by atomic mass is 35.5. The van der Waals surface area contributed by atoms with Crippen molar-refractivity contribution in [3.05, 3.63) is 47.5 Å². The summed E-state index contributed by atoms with van der Waals surface area (Å²) in [4.78, 5) is 4.73. The van der Waals surface area contributed by atoms with Gasteiger partial charge in [0.05, 0.1) is 11.0 Å². The number of para-hydroxylation sites is 2. The highest BCUT2D eigenvalue weighted by molar-refractivity contribution is 6.31. The molecular formula is C16H16ClN3. The van der Waals surface area contributed by atoms with E-state index in [1.807, 2.05) is 30.3 Å². The molecule has 3 aromatic rings. The number of hydrogen-bond acceptors (Lipinski definition) is 2. The van der Waals surface area contributed by atoms with E-state index >= 15 is 0 Å². The molecule has 1 heterocycles. The van der Waals surface area contributed by atoms with Gasteiger partial charge in [0, 0.05) is 22.3 Å². The Morgan fingerprint density at radius 1 is 1.15 bits per heavy atom. The molecule has 4 heteroatoms. The second-order valence-corrected chi connectivity index (χ2v) is 5.56. The van der Waals surface area contributed by atoms with Gasteiger partial charge in [0.15, 0.2) is 0 Å². The highest BCUT2D eigenvalue weighted by Crippen LogP contribution is 2.33. The predicted molar refractivity (Wildman–Crippen MR) is 85.0 cm³/mol. The summed E-state index contributed by atoms with van der Waals surface area (Å²) in [5.41, 5.74) is 9.74. The lowest BCUT2D eigenvalue weighted by Crippen LogP contribution is -2.04. The fourth-order valence-corrected chi connectivity index (χ4v) is 2.65. The first-order valence-corrected chi connectivity index (χ1v) is 6.98. The van der Waals surface area contributed by atoms with Gasteiger partial charge < -0.3 is 10.3 Å². The van der Waals surface area contributed by atoms with Gasteiger partial charge in [-0.2, -0.15) is 0 Å². The van der Waals surface area contributed by atoms with Gasteiger partial charge in [-0.05, 0) is 44.2 Å². The monoisotopic (exact) mass is 285 g/mol. The maximum Gasteiger partial charge on any atom is 0.143 e. The van der Waals surface area contributed by atoms with E-state index in [1.165, 1.54) is 0 Å². The molecule has 0 aliphatic heterocycles. The third-order valence-corrected chi connectivity index (χ3v) is 3.60. The van der Waals surface area contributed by atoms with Gasteiger partial charge in [-0.25, -0.2) is 4.98 Å². The molecule has 0 amide bonds. The number of halogens is 1. The number of anilines is 1. The molecule has 0 spiro atoms. The summed E-state index contributed by atoms with van der Waals surface area (Å²) in [5.74, 6) is 0.862. The third-order valence-electron chi connectivity index (χ3n) is 3.37. The summed E-state index contributed by atoms with van der Waals surface area (Å²) in [6, 6.07) is 13.9. The first-order valence-electron chi connectivity index (χ1n) is 6.60. The quantitative estimate of drug-likeness (QED) is 0.704. The van der Waals surface area contributed by atoms with Crippen molar-refractivity contribution in [3.63, 3.8) is 0 Å². The van der Waals surface area contributed by atoms with Crippen LogP contribution in [0, 0.1) is 0 Å². The minimum atomic E-state index is 0.288. The van der Waals surface area contributed by atoms with Crippen LogP contribution < -0.4 is 5.73 Å². The highest BCUT2D eigenvalue weighted by Gasteiger charge is 2.16. The van der Waals surface area contributed by atoms with Gasteiger partial charge >= 0.3 is 0 Å². The van der Waals surface area contributed by atoms with Crippen LogP contribution in [0.25, 0.3) is 22.4 Å². The Hall–Kier alpha value is -2.00. The Morgan fingerprint density at radius 3 is 2.65 bits per heavy atom. The number of nitrogen functional groups attached to an aromatic ring is 1. The van der Waals surface area contributed by atoms with Crippen LogP contribution >= 0.6 is 11.6 Å². The van der Waals surface area contributed by atoms with E-state index in [0.29, 0.717) is 10.7 Å². The number of fused-ring (bicyclic) bond motifs is 1. The number of benzene rings is 2. The average Bonchev–Trinajstić information content (AvgIpc) is 2.80. The second-order valence-electron chi connectivity index (χ2n) is 5.12. The first-order chi connectivity index (χ1) is 9.58. The maximum atomic E-state index is 6.10. The fraction of sp³-hybridized carbons (Fsp3) is 0.188. The van der Waals surface area contributed by atoms with Crippen molar-refractivity contribution in [2.45, 2.75) is 19.9 Å². The van der Waals surface area contributed by atoms with E-state index in [9.17, 15) is 0 Å². The molecule has 0 fully saturated rings. The van der Waals surface area contributed by atoms with Crippen LogP contribution in [-0.4, -0.2) is 9.55 Å². The summed E-state index contributed by atoms with van der Waals surface area (Å²) in [6.07, 6.45) is 0. The van der Waals surface area contributed by atoms with Gasteiger partial charge in [0.2, 0.25) is 0 Å². The van der Waals surface area contributed by atoms with Crippen molar-refractivity contribution in [1.29, 1.82) is 0 Å². The van der Waals surface area contributed by atoms with E-state index in [-0.39, 0.29) is 6.04 Å². The molecular weight excluding hydrogens is 270 g/mol. The smallest absolute Gasteiger partial charge is 0.143 e. The summed E-state index contributed by atoms with van der Waals surface area (Å²) in [7, 11) is 0. The van der Waals surface area contributed by atoms with Crippen molar-refractivity contribution in [2.75, 3.05) is 5.73 Å². The minimum Gasteiger partial charge on any atom is -0.398 e. The van der Waals surface area contributed by atoms with Gasteiger partial charge in [-0.1, -0.05) is 23.7 Å².